The van der Waals surface area contributed by atoms with E-state index in [0.29, 0.717) is 19.0 Å². The van der Waals surface area contributed by atoms with Gasteiger partial charge in [0.25, 0.3) is 5.91 Å². The lowest BCUT2D eigenvalue weighted by Crippen LogP contribution is -2.31. The molecular formula is C14H15F3N2O2. The molecule has 4 nitrogen and oxygen atoms in total. The van der Waals surface area contributed by atoms with Gasteiger partial charge in [0, 0.05) is 25.2 Å². The largest absolute Gasteiger partial charge is 0.433 e. The third-order valence-electron chi connectivity index (χ3n) is 4.41. The van der Waals surface area contributed by atoms with Gasteiger partial charge in [0.15, 0.2) is 0 Å². The second kappa shape index (κ2) is 4.98. The molecular weight excluding hydrogens is 285 g/mol. The Morgan fingerprint density at radius 3 is 2.62 bits per heavy atom. The number of aromatic nitrogens is 1. The summed E-state index contributed by atoms with van der Waals surface area (Å²) in [6.07, 6.45) is -2.26. The highest BCUT2D eigenvalue weighted by atomic mass is 19.4. The average molecular weight is 300 g/mol. The van der Waals surface area contributed by atoms with Gasteiger partial charge in [-0.1, -0.05) is 0 Å². The Kier molecular flexibility index (Phi) is 3.39. The van der Waals surface area contributed by atoms with Crippen molar-refractivity contribution in [3.63, 3.8) is 0 Å². The molecule has 7 heteroatoms. The number of fused-ring (bicyclic) bond motifs is 1. The van der Waals surface area contributed by atoms with Crippen LogP contribution in [0.5, 0.6) is 0 Å². The number of aliphatic hydroxyl groups excluding tert-OH is 1. The summed E-state index contributed by atoms with van der Waals surface area (Å²) in [7, 11) is 0. The Labute approximate surface area is 119 Å². The van der Waals surface area contributed by atoms with Gasteiger partial charge in [0.05, 0.1) is 11.7 Å². The average Bonchev–Trinajstić information content (AvgIpc) is 3.00. The Morgan fingerprint density at radius 2 is 2.05 bits per heavy atom. The van der Waals surface area contributed by atoms with E-state index < -0.39 is 11.9 Å². The van der Waals surface area contributed by atoms with Crippen LogP contribution in [-0.2, 0) is 6.18 Å². The Bertz CT molecular complexity index is 544. The number of halogens is 3. The van der Waals surface area contributed by atoms with Crippen LogP contribution in [0.3, 0.4) is 0 Å². The molecule has 1 aliphatic heterocycles. The van der Waals surface area contributed by atoms with Gasteiger partial charge in [-0.25, -0.2) is 0 Å². The molecule has 1 saturated carbocycles. The minimum Gasteiger partial charge on any atom is -0.393 e. The molecule has 1 aromatic heterocycles. The third-order valence-corrected chi connectivity index (χ3v) is 4.41. The first-order valence-electron chi connectivity index (χ1n) is 6.87. The molecule has 21 heavy (non-hydrogen) atoms. The van der Waals surface area contributed by atoms with Crippen LogP contribution in [0.25, 0.3) is 0 Å². The standard InChI is InChI=1S/C14H15F3N2O2/c15-14(16,17)12-4-2-8(5-18-12)13(21)19-6-9-1-3-11(20)10(9)7-19/h2,4-5,9-11,20H,1,3,6-7H2. The number of amides is 1. The van der Waals surface area contributed by atoms with E-state index in [1.54, 1.807) is 4.90 Å². The van der Waals surface area contributed by atoms with Gasteiger partial charge in [-0.15, -0.1) is 0 Å². The monoisotopic (exact) mass is 300 g/mol. The molecule has 1 aliphatic carbocycles. The lowest BCUT2D eigenvalue weighted by atomic mass is 10.00. The number of rotatable bonds is 1. The van der Waals surface area contributed by atoms with E-state index >= 15 is 0 Å². The minimum absolute atomic E-state index is 0.0938. The number of carbonyl (C=O) groups excluding carboxylic acids is 1. The molecule has 1 saturated heterocycles. The third kappa shape index (κ3) is 2.62. The Balaban J connectivity index is 1.72. The molecule has 0 radical (unpaired) electrons. The van der Waals surface area contributed by atoms with Crippen molar-refractivity contribution >= 4 is 5.91 Å². The number of likely N-dealkylation sites (tertiary alicyclic amines) is 1. The normalized spacial score (nSPS) is 28.8. The van der Waals surface area contributed by atoms with Crippen molar-refractivity contribution in [2.24, 2.45) is 11.8 Å². The number of carbonyl (C=O) groups is 1. The van der Waals surface area contributed by atoms with Crippen LogP contribution in [0, 0.1) is 11.8 Å². The highest BCUT2D eigenvalue weighted by molar-refractivity contribution is 5.94. The zero-order valence-electron chi connectivity index (χ0n) is 11.2. The van der Waals surface area contributed by atoms with Gasteiger partial charge in [0.1, 0.15) is 5.69 Å². The van der Waals surface area contributed by atoms with Crippen molar-refractivity contribution in [3.8, 4) is 0 Å². The van der Waals surface area contributed by atoms with Gasteiger partial charge in [0.2, 0.25) is 0 Å². The van der Waals surface area contributed by atoms with Crippen molar-refractivity contribution in [1.29, 1.82) is 0 Å². The second-order valence-corrected chi connectivity index (χ2v) is 5.71. The molecule has 1 amide bonds. The summed E-state index contributed by atoms with van der Waals surface area (Å²) in [5, 5.41) is 9.82. The maximum atomic E-state index is 12.4. The first-order valence-corrected chi connectivity index (χ1v) is 6.87. The fraction of sp³-hybridized carbons (Fsp3) is 0.571. The van der Waals surface area contributed by atoms with E-state index in [0.717, 1.165) is 31.2 Å². The maximum Gasteiger partial charge on any atom is 0.433 e. The summed E-state index contributed by atoms with van der Waals surface area (Å²) in [5.74, 6) is 0.0699. The molecule has 3 atom stereocenters. The molecule has 2 fully saturated rings. The van der Waals surface area contributed by atoms with Crippen molar-refractivity contribution in [1.82, 2.24) is 9.88 Å². The van der Waals surface area contributed by atoms with Crippen molar-refractivity contribution < 1.29 is 23.1 Å². The summed E-state index contributed by atoms with van der Waals surface area (Å²) in [6.45, 7) is 1.02. The SMILES string of the molecule is O=C(c1ccc(C(F)(F)F)nc1)N1CC2CCC(O)C2C1. The number of nitrogens with zero attached hydrogens (tertiary/aromatic N) is 2. The van der Waals surface area contributed by atoms with Gasteiger partial charge in [-0.05, 0) is 30.9 Å². The molecule has 3 rings (SSSR count). The number of hydrogen-bond acceptors (Lipinski definition) is 3. The Morgan fingerprint density at radius 1 is 1.29 bits per heavy atom. The highest BCUT2D eigenvalue weighted by Crippen LogP contribution is 2.38. The Hall–Kier alpha value is -1.63. The molecule has 2 aliphatic rings. The maximum absolute atomic E-state index is 12.4. The fourth-order valence-electron chi connectivity index (χ4n) is 3.27. The molecule has 0 bridgehead atoms. The van der Waals surface area contributed by atoms with Crippen LogP contribution in [0.2, 0.25) is 0 Å². The van der Waals surface area contributed by atoms with Crippen molar-refractivity contribution in [2.75, 3.05) is 13.1 Å². The molecule has 114 valence electrons. The van der Waals surface area contributed by atoms with Gasteiger partial charge in [-0.3, -0.25) is 9.78 Å². The summed E-state index contributed by atoms with van der Waals surface area (Å²) in [6, 6.07) is 1.97. The summed E-state index contributed by atoms with van der Waals surface area (Å²) >= 11 is 0. The topological polar surface area (TPSA) is 53.4 Å². The number of pyridine rings is 1. The molecule has 1 N–H and O–H groups in total. The van der Waals surface area contributed by atoms with E-state index in [4.69, 9.17) is 0 Å². The van der Waals surface area contributed by atoms with E-state index in [9.17, 15) is 23.1 Å². The lowest BCUT2D eigenvalue weighted by Gasteiger charge is -2.18. The summed E-state index contributed by atoms with van der Waals surface area (Å²) in [5.41, 5.74) is -0.856. The van der Waals surface area contributed by atoms with E-state index in [1.807, 2.05) is 0 Å². The quantitative estimate of drug-likeness (QED) is 0.862. The highest BCUT2D eigenvalue weighted by Gasteiger charge is 2.43. The summed E-state index contributed by atoms with van der Waals surface area (Å²) in [4.78, 5) is 17.2. The van der Waals surface area contributed by atoms with Crippen molar-refractivity contribution in [2.45, 2.75) is 25.1 Å². The number of hydrogen-bond donors (Lipinski definition) is 1. The van der Waals surface area contributed by atoms with Crippen LogP contribution < -0.4 is 0 Å². The summed E-state index contributed by atoms with van der Waals surface area (Å²) < 4.78 is 37.3. The zero-order valence-corrected chi connectivity index (χ0v) is 11.2. The smallest absolute Gasteiger partial charge is 0.393 e. The predicted octanol–water partition coefficient (Wildman–Crippen LogP) is 1.94. The van der Waals surface area contributed by atoms with E-state index in [2.05, 4.69) is 4.98 Å². The fourth-order valence-corrected chi connectivity index (χ4v) is 3.27. The van der Waals surface area contributed by atoms with E-state index in [1.165, 1.54) is 0 Å². The first-order chi connectivity index (χ1) is 9.86. The van der Waals surface area contributed by atoms with Crippen LogP contribution in [0.1, 0.15) is 28.9 Å². The van der Waals surface area contributed by atoms with Crippen molar-refractivity contribution in [3.05, 3.63) is 29.6 Å². The van der Waals surface area contributed by atoms with Crippen LogP contribution >= 0.6 is 0 Å². The molecule has 0 aromatic carbocycles. The molecule has 2 heterocycles. The van der Waals surface area contributed by atoms with Gasteiger partial charge >= 0.3 is 6.18 Å². The van der Waals surface area contributed by atoms with Gasteiger partial charge < -0.3 is 10.0 Å². The van der Waals surface area contributed by atoms with Crippen LogP contribution in [0.4, 0.5) is 13.2 Å². The second-order valence-electron chi connectivity index (χ2n) is 5.71. The molecule has 1 aromatic rings. The van der Waals surface area contributed by atoms with Crippen LogP contribution in [-0.4, -0.2) is 40.1 Å². The predicted molar refractivity (Wildman–Crippen MR) is 67.4 cm³/mol. The van der Waals surface area contributed by atoms with E-state index in [-0.39, 0.29) is 23.5 Å². The number of alkyl halides is 3. The lowest BCUT2D eigenvalue weighted by molar-refractivity contribution is -0.141. The minimum atomic E-state index is -4.50. The van der Waals surface area contributed by atoms with Gasteiger partial charge in [-0.2, -0.15) is 13.2 Å². The molecule has 0 spiro atoms. The number of aliphatic hydroxyl groups is 1. The first kappa shape index (κ1) is 14.3. The molecule has 3 unspecified atom stereocenters. The zero-order chi connectivity index (χ0) is 15.2. The van der Waals surface area contributed by atoms with Crippen LogP contribution in [0.15, 0.2) is 18.3 Å².